The van der Waals surface area contributed by atoms with Gasteiger partial charge in [0, 0.05) is 172 Å². The van der Waals surface area contributed by atoms with E-state index in [1.807, 2.05) is 104 Å². The van der Waals surface area contributed by atoms with E-state index in [1.54, 1.807) is 26.0 Å². The minimum atomic E-state index is -2.17. The molecule has 0 saturated heterocycles. The molecule has 7 unspecified atom stereocenters. The van der Waals surface area contributed by atoms with E-state index in [-0.39, 0.29) is 170 Å². The molecule has 0 saturated carbocycles. The third kappa shape index (κ3) is 76.5. The van der Waals surface area contributed by atoms with Crippen molar-refractivity contribution in [2.45, 2.75) is 243 Å². The summed E-state index contributed by atoms with van der Waals surface area (Å²) >= 11 is -8.32. The van der Waals surface area contributed by atoms with Gasteiger partial charge in [0.2, 0.25) is 0 Å². The molecule has 12 nitrogen and oxygen atoms in total. The summed E-state index contributed by atoms with van der Waals surface area (Å²) < 4.78 is 89.1. The summed E-state index contributed by atoms with van der Waals surface area (Å²) in [6.07, 6.45) is 42.9. The number of carbonyl (C=O) groups is 2. The van der Waals surface area contributed by atoms with Gasteiger partial charge in [0.1, 0.15) is 12.6 Å². The van der Waals surface area contributed by atoms with Gasteiger partial charge in [-0.15, -0.1) is 0 Å². The van der Waals surface area contributed by atoms with Crippen LogP contribution in [0.15, 0.2) is 163 Å². The van der Waals surface area contributed by atoms with Gasteiger partial charge in [-0.2, -0.15) is 0 Å². The smallest absolute Gasteiger partial charge is 0.145 e. The van der Waals surface area contributed by atoms with E-state index in [0.717, 1.165) is 147 Å². The minimum absolute atomic E-state index is 0. The molecule has 0 aliphatic carbocycles. The quantitative estimate of drug-likeness (QED) is 0.0253. The van der Waals surface area contributed by atoms with E-state index in [2.05, 4.69) is 72.8 Å². The van der Waals surface area contributed by atoms with Crippen LogP contribution in [0, 0.1) is 151 Å². The minimum Gasteiger partial charge on any atom is -0.772 e. The predicted octanol–water partition coefficient (Wildman–Crippen LogP) is 16.9. The van der Waals surface area contributed by atoms with E-state index in [0.29, 0.717) is 30.4 Å². The molecular weight excluding hydrogens is 1320 g/mol. The van der Waals surface area contributed by atoms with Crippen LogP contribution in [0.4, 0.5) is 0 Å². The maximum absolute atomic E-state index is 11.5. The zero-order valence-electron chi connectivity index (χ0n) is 57.1. The molecule has 0 aliphatic heterocycles. The first-order valence-corrected chi connectivity index (χ1v) is 34.6. The average molecular weight is 1430 g/mol. The molecule has 0 aromatic carbocycles. The number of aldehydes is 2. The van der Waals surface area contributed by atoms with Crippen LogP contribution in [0.5, 0.6) is 0 Å². The molecule has 0 fully saturated rings. The summed E-state index contributed by atoms with van der Waals surface area (Å²) in [4.78, 5) is 21.1. The van der Waals surface area contributed by atoms with Crippen molar-refractivity contribution in [1.29, 1.82) is 0 Å². The van der Waals surface area contributed by atoms with Gasteiger partial charge in [0.05, 0.1) is 13.2 Å². The first kappa shape index (κ1) is 107. The number of hydrogen-bond donors (Lipinski definition) is 2. The largest absolute Gasteiger partial charge is 0.772 e. The molecule has 0 rings (SSSR count). The Bertz CT molecular complexity index is 2520. The molecule has 2 N–H and O–H groups in total. The van der Waals surface area contributed by atoms with Gasteiger partial charge in [-0.05, 0) is 271 Å². The number of aliphatic hydroxyl groups is 2. The summed E-state index contributed by atoms with van der Waals surface area (Å²) in [6, 6.07) is 0. The first-order chi connectivity index (χ1) is 40.3. The number of hydrogen-bond acceptors (Lipinski definition) is 12. The summed E-state index contributed by atoms with van der Waals surface area (Å²) in [5, 5.41) is 16.4. The van der Waals surface area contributed by atoms with Crippen molar-refractivity contribution in [2.75, 3.05) is 19.0 Å². The van der Waals surface area contributed by atoms with Crippen molar-refractivity contribution < 1.29 is 206 Å². The monoisotopic (exact) mass is 1430 g/mol. The van der Waals surface area contributed by atoms with Gasteiger partial charge in [0.25, 0.3) is 0 Å². The molecule has 524 valence electrons. The van der Waals surface area contributed by atoms with Gasteiger partial charge in [-0.3, -0.25) is 26.4 Å². The van der Waals surface area contributed by atoms with Crippen molar-refractivity contribution in [2.24, 2.45) is 0 Å². The molecule has 0 amide bonds. The van der Waals surface area contributed by atoms with E-state index >= 15 is 0 Å². The third-order valence-corrected chi connectivity index (χ3v) is 15.9. The van der Waals surface area contributed by atoms with E-state index < -0.39 is 60.1 Å². The van der Waals surface area contributed by atoms with Gasteiger partial charge in [-0.25, -0.2) is 0 Å². The van der Waals surface area contributed by atoms with Crippen molar-refractivity contribution in [1.82, 2.24) is 0 Å². The summed E-state index contributed by atoms with van der Waals surface area (Å²) in [5.41, 5.74) is 15.1. The van der Waals surface area contributed by atoms with Crippen LogP contribution < -0.4 is 0 Å². The van der Waals surface area contributed by atoms with Gasteiger partial charge >= 0.3 is 0 Å². The van der Waals surface area contributed by atoms with Crippen molar-refractivity contribution in [3.05, 3.63) is 163 Å². The molecule has 0 spiro atoms. The molecule has 0 aliphatic rings. The Morgan fingerprint density at radius 1 is 0.322 bits per heavy atom. The zero-order chi connectivity index (χ0) is 66.6. The average Bonchev–Trinajstić information content (AvgIpc) is 3.43. The molecule has 0 aromatic heterocycles. The molecule has 0 aromatic rings. The summed E-state index contributed by atoms with van der Waals surface area (Å²) in [7, 11) is 0. The summed E-state index contributed by atoms with van der Waals surface area (Å²) in [5.74, 6) is 0.140. The second-order valence-corrected chi connectivity index (χ2v) is 27.3. The van der Waals surface area contributed by atoms with Crippen molar-refractivity contribution in [3.8, 4) is 0 Å². The van der Waals surface area contributed by atoms with E-state index in [1.165, 1.54) is 22.3 Å². The van der Waals surface area contributed by atoms with Crippen LogP contribution in [-0.4, -0.2) is 92.5 Å². The number of rotatable bonds is 39. The Labute approximate surface area is 677 Å². The standard InChI is InChI=1S/C20H34O4S.C20H30O4S.C20H34O2S.C10H18O2S.4Ar/c2*1-16(7-5-9-18(3)14-21)11-12-20(25(23)24)13-17(2)8-6-10-19(4)15-22;1-16(2)9-7-11-18(5)13-14-20(23(21)22)15-19(6)12-8-10-17(3)4;1-9(2)5-4-6-10(3)7-8-13(11)12;;;;/h9-11,13,20-22H,5-8,12,14-15H2,1-4H3,(H,23,24);9-11,13-15,20H,5-8,12H2,1-4H3,(H,23,24);9-10,13,15,20H,7-8,11-12,14H2,1-6H3,(H,21,22);5,7H,4,6,8H2,1-3H3,(H,11,12);;;;/p-4/b2*16-11+,17-13+,18-9+,19-10+;18-13+,19-15+;10-7+;;;;. The van der Waals surface area contributed by atoms with Gasteiger partial charge < -0.3 is 28.4 Å². The SMILES string of the molecule is C/C(=C\CC/C(C)=C/CC(/C=C(\C)CC/C=C(\C)CO)S(=O)[O-])CO.C/C(C=O)=C\CC/C(C)=C/CC(/C=C(\C)CC/C=C(\C)C=O)S(=O)[O-].CC(C)=CCC/C(C)=C/CC(/C=C(\C)CCC=C(C)C)S(=O)[O-].CC(C)=CCC/C(C)=C/CS(=O)[O-].[Ar].[Ar].[Ar].[Ar]. The number of aliphatic hydroxyl groups excluding tert-OH is 2. The first-order valence-electron chi connectivity index (χ1n) is 29.9. The Hall–Kier alpha value is 1.10. The predicted molar refractivity (Wildman–Crippen MR) is 366 cm³/mol. The Morgan fingerprint density at radius 3 is 0.756 bits per heavy atom. The van der Waals surface area contributed by atoms with Gasteiger partial charge in [-0.1, -0.05) is 163 Å². The maximum atomic E-state index is 11.5. The second kappa shape index (κ2) is 71.4. The number of carbonyl (C=O) groups excluding carboxylic acids is 2. The fourth-order valence-electron chi connectivity index (χ4n) is 7.52. The maximum Gasteiger partial charge on any atom is 0.145 e. The van der Waals surface area contributed by atoms with Crippen LogP contribution in [-0.2, 0) is 53.9 Å². The van der Waals surface area contributed by atoms with Crippen LogP contribution in [0.3, 0.4) is 0 Å². The van der Waals surface area contributed by atoms with E-state index in [9.17, 15) is 44.6 Å². The topological polar surface area (TPSA) is 235 Å². The van der Waals surface area contributed by atoms with Crippen LogP contribution in [0.25, 0.3) is 0 Å². The van der Waals surface area contributed by atoms with Crippen molar-refractivity contribution >= 4 is 56.9 Å². The third-order valence-electron chi connectivity index (χ3n) is 13.0. The molecule has 0 bridgehead atoms. The van der Waals surface area contributed by atoms with Crippen LogP contribution in [0.2, 0.25) is 0 Å². The van der Waals surface area contributed by atoms with Crippen LogP contribution in [0.1, 0.15) is 227 Å². The van der Waals surface area contributed by atoms with Crippen molar-refractivity contribution in [3.63, 3.8) is 0 Å². The van der Waals surface area contributed by atoms with Gasteiger partial charge in [0.15, 0.2) is 0 Å². The van der Waals surface area contributed by atoms with Crippen LogP contribution >= 0.6 is 0 Å². The molecule has 0 heterocycles. The van der Waals surface area contributed by atoms with E-state index in [4.69, 9.17) is 10.2 Å². The fraction of sp³-hybridized carbons (Fsp3) is 0.571. The zero-order valence-corrected chi connectivity index (χ0v) is 63.2. The summed E-state index contributed by atoms with van der Waals surface area (Å²) in [6.45, 7) is 33.8. The molecule has 20 heteroatoms. The Kier molecular flexibility index (Phi) is 84.9. The normalized spacial score (nSPS) is 15.2. The fourth-order valence-corrected chi connectivity index (χ4v) is 9.73. The molecular formula is C70H112Ar4O12S4-4. The Morgan fingerprint density at radius 2 is 0.544 bits per heavy atom. The Balaban J connectivity index is -0.000000167. The molecule has 0 radical (unpaired) electrons. The number of allylic oxidation sites excluding steroid dienone is 22. The second-order valence-electron chi connectivity index (χ2n) is 23.0. The molecule has 90 heavy (non-hydrogen) atoms. The molecule has 7 atom stereocenters.